The number of amides is 1. The molecule has 0 heterocycles. The zero-order valence-electron chi connectivity index (χ0n) is 13.0. The van der Waals surface area contributed by atoms with Crippen molar-refractivity contribution in [1.29, 1.82) is 5.26 Å². The van der Waals surface area contributed by atoms with Crippen molar-refractivity contribution in [2.75, 3.05) is 7.05 Å². The lowest BCUT2D eigenvalue weighted by molar-refractivity contribution is -0.137. The number of ether oxygens (including phenoxy) is 1. The average Bonchev–Trinajstić information content (AvgIpc) is 2.56. The number of hydrogen-bond donors (Lipinski definition) is 0. The number of benzene rings is 2. The molecule has 1 atom stereocenters. The van der Waals surface area contributed by atoms with Gasteiger partial charge in [0.2, 0.25) is 0 Å². The first-order valence-corrected chi connectivity index (χ1v) is 7.54. The molecule has 0 saturated carbocycles. The fraction of sp³-hybridized carbons (Fsp3) is 0.222. The Hall–Kier alpha value is -2.51. The van der Waals surface area contributed by atoms with Gasteiger partial charge in [-0.2, -0.15) is 5.26 Å². The molecule has 2 aromatic rings. The number of carbonyl (C=O) groups excluding carboxylic acids is 1. The van der Waals surface area contributed by atoms with Gasteiger partial charge in [-0.3, -0.25) is 4.79 Å². The molecule has 0 spiro atoms. The molecular formula is C18H17ClN2O2. The Labute approximate surface area is 140 Å². The lowest BCUT2D eigenvalue weighted by Gasteiger charge is -2.22. The maximum absolute atomic E-state index is 12.4. The van der Waals surface area contributed by atoms with Crippen LogP contribution in [0.1, 0.15) is 18.1 Å². The number of hydrogen-bond acceptors (Lipinski definition) is 3. The van der Waals surface area contributed by atoms with Crippen molar-refractivity contribution in [2.24, 2.45) is 0 Å². The van der Waals surface area contributed by atoms with Crippen LogP contribution in [0.2, 0.25) is 5.02 Å². The summed E-state index contributed by atoms with van der Waals surface area (Å²) in [5.41, 5.74) is 1.49. The second-order valence-electron chi connectivity index (χ2n) is 5.20. The molecule has 0 aromatic heterocycles. The van der Waals surface area contributed by atoms with Gasteiger partial charge in [-0.15, -0.1) is 0 Å². The maximum atomic E-state index is 12.4. The summed E-state index contributed by atoms with van der Waals surface area (Å²) in [6, 6.07) is 16.5. The van der Waals surface area contributed by atoms with E-state index in [1.807, 2.05) is 36.4 Å². The van der Waals surface area contributed by atoms with Crippen LogP contribution in [0.5, 0.6) is 5.75 Å². The molecule has 0 aliphatic rings. The van der Waals surface area contributed by atoms with Crippen molar-refractivity contribution >= 4 is 17.5 Å². The highest BCUT2D eigenvalue weighted by molar-refractivity contribution is 6.32. The van der Waals surface area contributed by atoms with Gasteiger partial charge in [0, 0.05) is 13.6 Å². The number of halogens is 1. The van der Waals surface area contributed by atoms with E-state index in [1.165, 1.54) is 6.07 Å². The van der Waals surface area contributed by atoms with Gasteiger partial charge < -0.3 is 9.64 Å². The minimum Gasteiger partial charge on any atom is -0.479 e. The molecule has 0 bridgehead atoms. The highest BCUT2D eigenvalue weighted by atomic mass is 35.5. The average molecular weight is 329 g/mol. The van der Waals surface area contributed by atoms with Crippen LogP contribution in [0.4, 0.5) is 0 Å². The first kappa shape index (κ1) is 16.9. The SMILES string of the molecule is C[C@H](Oc1ccc(C#N)cc1Cl)C(=O)N(C)Cc1ccccc1. The minimum absolute atomic E-state index is 0.144. The Morgan fingerprint density at radius 2 is 2.00 bits per heavy atom. The summed E-state index contributed by atoms with van der Waals surface area (Å²) < 4.78 is 5.63. The molecule has 0 aliphatic carbocycles. The predicted octanol–water partition coefficient (Wildman–Crippen LogP) is 3.64. The van der Waals surface area contributed by atoms with Gasteiger partial charge in [-0.25, -0.2) is 0 Å². The van der Waals surface area contributed by atoms with E-state index in [1.54, 1.807) is 31.0 Å². The molecular weight excluding hydrogens is 312 g/mol. The van der Waals surface area contributed by atoms with Crippen molar-refractivity contribution in [3.63, 3.8) is 0 Å². The summed E-state index contributed by atoms with van der Waals surface area (Å²) in [4.78, 5) is 14.0. The van der Waals surface area contributed by atoms with E-state index < -0.39 is 6.10 Å². The van der Waals surface area contributed by atoms with Gasteiger partial charge in [0.25, 0.3) is 5.91 Å². The first-order chi connectivity index (χ1) is 11.0. The lowest BCUT2D eigenvalue weighted by atomic mass is 10.2. The van der Waals surface area contributed by atoms with Gasteiger partial charge in [0.1, 0.15) is 5.75 Å². The second kappa shape index (κ2) is 7.66. The van der Waals surface area contributed by atoms with E-state index in [2.05, 4.69) is 0 Å². The summed E-state index contributed by atoms with van der Waals surface area (Å²) in [5, 5.41) is 9.14. The van der Waals surface area contributed by atoms with Crippen molar-refractivity contribution in [3.8, 4) is 11.8 Å². The molecule has 2 aromatic carbocycles. The largest absolute Gasteiger partial charge is 0.479 e. The summed E-state index contributed by atoms with van der Waals surface area (Å²) in [7, 11) is 1.73. The Morgan fingerprint density at radius 3 is 2.61 bits per heavy atom. The summed E-state index contributed by atoms with van der Waals surface area (Å²) in [5.74, 6) is 0.244. The van der Waals surface area contributed by atoms with Gasteiger partial charge in [0.15, 0.2) is 6.10 Å². The fourth-order valence-corrected chi connectivity index (χ4v) is 2.38. The number of carbonyl (C=O) groups is 1. The molecule has 0 N–H and O–H groups in total. The van der Waals surface area contributed by atoms with Crippen LogP contribution in [0, 0.1) is 11.3 Å². The second-order valence-corrected chi connectivity index (χ2v) is 5.60. The van der Waals surface area contributed by atoms with Gasteiger partial charge in [0.05, 0.1) is 16.7 Å². The smallest absolute Gasteiger partial charge is 0.263 e. The fourth-order valence-electron chi connectivity index (χ4n) is 2.15. The zero-order chi connectivity index (χ0) is 16.8. The quantitative estimate of drug-likeness (QED) is 0.842. The van der Waals surface area contributed by atoms with E-state index in [4.69, 9.17) is 21.6 Å². The van der Waals surface area contributed by atoms with Crippen molar-refractivity contribution in [3.05, 3.63) is 64.7 Å². The molecule has 1 amide bonds. The van der Waals surface area contributed by atoms with E-state index in [0.29, 0.717) is 22.9 Å². The van der Waals surface area contributed by atoms with Crippen LogP contribution < -0.4 is 4.74 Å². The number of nitrogens with zero attached hydrogens (tertiary/aromatic N) is 2. The monoisotopic (exact) mass is 328 g/mol. The Bertz CT molecular complexity index is 726. The molecule has 23 heavy (non-hydrogen) atoms. The molecule has 0 fully saturated rings. The molecule has 0 radical (unpaired) electrons. The van der Waals surface area contributed by atoms with Gasteiger partial charge in [-0.05, 0) is 30.7 Å². The number of rotatable bonds is 5. The Balaban J connectivity index is 2.01. The molecule has 5 heteroatoms. The summed E-state index contributed by atoms with van der Waals surface area (Å²) in [6.07, 6.45) is -0.672. The topological polar surface area (TPSA) is 53.3 Å². The predicted molar refractivity (Wildman–Crippen MR) is 89.2 cm³/mol. The normalized spacial score (nSPS) is 11.4. The third-order valence-corrected chi connectivity index (χ3v) is 3.65. The lowest BCUT2D eigenvalue weighted by Crippen LogP contribution is -2.37. The van der Waals surface area contributed by atoms with E-state index in [9.17, 15) is 4.79 Å². The van der Waals surface area contributed by atoms with Crippen LogP contribution in [0.3, 0.4) is 0 Å². The molecule has 0 aliphatic heterocycles. The first-order valence-electron chi connectivity index (χ1n) is 7.16. The molecule has 2 rings (SSSR count). The summed E-state index contributed by atoms with van der Waals surface area (Å²) in [6.45, 7) is 2.19. The Morgan fingerprint density at radius 1 is 1.30 bits per heavy atom. The highest BCUT2D eigenvalue weighted by Crippen LogP contribution is 2.26. The number of likely N-dealkylation sites (N-methyl/N-ethyl adjacent to an activating group) is 1. The van der Waals surface area contributed by atoms with E-state index in [-0.39, 0.29) is 5.91 Å². The molecule has 0 saturated heterocycles. The maximum Gasteiger partial charge on any atom is 0.263 e. The van der Waals surface area contributed by atoms with Crippen LogP contribution in [-0.2, 0) is 11.3 Å². The van der Waals surface area contributed by atoms with Gasteiger partial charge in [-0.1, -0.05) is 41.9 Å². The van der Waals surface area contributed by atoms with Crippen LogP contribution in [0.15, 0.2) is 48.5 Å². The standard InChI is InChI=1S/C18H17ClN2O2/c1-13(23-17-9-8-15(11-20)10-16(17)19)18(22)21(2)12-14-6-4-3-5-7-14/h3-10,13H,12H2,1-2H3/t13-/m0/s1. The highest BCUT2D eigenvalue weighted by Gasteiger charge is 2.20. The van der Waals surface area contributed by atoms with Crippen molar-refractivity contribution in [1.82, 2.24) is 4.90 Å². The molecule has 0 unspecified atom stereocenters. The van der Waals surface area contributed by atoms with Gasteiger partial charge >= 0.3 is 0 Å². The van der Waals surface area contributed by atoms with Crippen molar-refractivity contribution in [2.45, 2.75) is 19.6 Å². The van der Waals surface area contributed by atoms with Crippen LogP contribution in [-0.4, -0.2) is 24.0 Å². The van der Waals surface area contributed by atoms with Crippen LogP contribution in [0.25, 0.3) is 0 Å². The molecule has 4 nitrogen and oxygen atoms in total. The summed E-state index contributed by atoms with van der Waals surface area (Å²) >= 11 is 6.07. The number of nitriles is 1. The van der Waals surface area contributed by atoms with E-state index in [0.717, 1.165) is 5.56 Å². The van der Waals surface area contributed by atoms with Crippen LogP contribution >= 0.6 is 11.6 Å². The third kappa shape index (κ3) is 4.48. The zero-order valence-corrected chi connectivity index (χ0v) is 13.7. The minimum atomic E-state index is -0.672. The molecule has 118 valence electrons. The van der Waals surface area contributed by atoms with Crippen molar-refractivity contribution < 1.29 is 9.53 Å². The third-order valence-electron chi connectivity index (χ3n) is 3.35. The Kier molecular flexibility index (Phi) is 5.61. The van der Waals surface area contributed by atoms with E-state index >= 15 is 0 Å².